The molecule has 0 aliphatic carbocycles. The highest BCUT2D eigenvalue weighted by Gasteiger charge is 2.47. The Balaban J connectivity index is 1.82. The van der Waals surface area contributed by atoms with Crippen molar-refractivity contribution < 1.29 is 42.3 Å². The summed E-state index contributed by atoms with van der Waals surface area (Å²) in [5.74, 6) is -2.89. The van der Waals surface area contributed by atoms with E-state index in [4.69, 9.17) is 75.8 Å². The fourth-order valence-corrected chi connectivity index (χ4v) is 6.38. The van der Waals surface area contributed by atoms with Gasteiger partial charge >= 0.3 is 11.9 Å². The van der Waals surface area contributed by atoms with Crippen LogP contribution in [0.15, 0.2) is 60.7 Å². The number of carbonyl (C=O) groups excluding carboxylic acids is 3. The van der Waals surface area contributed by atoms with Crippen molar-refractivity contribution in [3.8, 4) is 5.75 Å². The molecule has 0 bridgehead atoms. The van der Waals surface area contributed by atoms with Crippen molar-refractivity contribution in [3.63, 3.8) is 0 Å². The highest BCUT2D eigenvalue weighted by Crippen LogP contribution is 2.43. The van der Waals surface area contributed by atoms with Crippen LogP contribution in [0.3, 0.4) is 0 Å². The first-order chi connectivity index (χ1) is 23.9. The van der Waals surface area contributed by atoms with Gasteiger partial charge in [-0.15, -0.1) is 0 Å². The van der Waals surface area contributed by atoms with Gasteiger partial charge in [-0.1, -0.05) is 95.8 Å². The van der Waals surface area contributed by atoms with Gasteiger partial charge < -0.3 is 34.7 Å². The van der Waals surface area contributed by atoms with E-state index in [1.807, 2.05) is 37.3 Å². The Morgan fingerprint density at radius 2 is 1.78 bits per heavy atom. The smallest absolute Gasteiger partial charge is 0.329 e. The minimum Gasteiger partial charge on any atom is -0.495 e. The number of ether oxygens (including phenoxy) is 5. The van der Waals surface area contributed by atoms with Gasteiger partial charge in [0.25, 0.3) is 0 Å². The fourth-order valence-electron chi connectivity index (χ4n) is 5.35. The van der Waals surface area contributed by atoms with Crippen molar-refractivity contribution in [2.45, 2.75) is 80.0 Å². The maximum Gasteiger partial charge on any atom is 0.329 e. The van der Waals surface area contributed by atoms with Crippen molar-refractivity contribution in [2.24, 2.45) is 11.7 Å². The Labute approximate surface area is 321 Å². The molecule has 0 spiro atoms. The Kier molecular flexibility index (Phi) is 16.5. The molecule has 7 atom stereocenters. The molecule has 0 saturated carbocycles. The van der Waals surface area contributed by atoms with Crippen molar-refractivity contribution in [1.82, 2.24) is 5.32 Å². The van der Waals surface area contributed by atoms with E-state index in [0.29, 0.717) is 16.3 Å². The van der Waals surface area contributed by atoms with Crippen molar-refractivity contribution in [3.05, 3.63) is 76.8 Å². The van der Waals surface area contributed by atoms with Gasteiger partial charge in [-0.2, -0.15) is 0 Å². The number of benzene rings is 2. The number of halogens is 4. The van der Waals surface area contributed by atoms with Crippen LogP contribution in [0.5, 0.6) is 5.75 Å². The normalized spacial score (nSPS) is 20.2. The number of nitrogens with one attached hydrogen (secondary N) is 1. The van der Waals surface area contributed by atoms with Gasteiger partial charge in [-0.3, -0.25) is 13.8 Å². The van der Waals surface area contributed by atoms with Crippen molar-refractivity contribution in [2.75, 3.05) is 25.7 Å². The fraction of sp³-hybridized carbons (Fsp3) is 0.514. The molecule has 2 aromatic carbocycles. The van der Waals surface area contributed by atoms with Gasteiger partial charge in [0.1, 0.15) is 36.6 Å². The zero-order valence-electron chi connectivity index (χ0n) is 28.9. The van der Waals surface area contributed by atoms with Gasteiger partial charge in [0.05, 0.1) is 18.2 Å². The van der Waals surface area contributed by atoms with Crippen LogP contribution in [0, 0.1) is 5.92 Å². The first-order valence-corrected chi connectivity index (χ1v) is 19.3. The second kappa shape index (κ2) is 19.6. The molecule has 1 fully saturated rings. The average molecular weight is 811 g/mol. The Hall–Kier alpha value is -2.42. The van der Waals surface area contributed by atoms with Gasteiger partial charge in [-0.25, -0.2) is 4.79 Å². The zero-order chi connectivity index (χ0) is 37.9. The van der Waals surface area contributed by atoms with Gasteiger partial charge in [0.15, 0.2) is 5.79 Å². The lowest BCUT2D eigenvalue weighted by Gasteiger charge is -2.31. The van der Waals surface area contributed by atoms with Crippen LogP contribution in [0.4, 0.5) is 0 Å². The van der Waals surface area contributed by atoms with Gasteiger partial charge in [0, 0.05) is 41.6 Å². The number of carbonyl (C=O) groups is 3. The summed E-state index contributed by atoms with van der Waals surface area (Å²) >= 11 is 23.6. The molecule has 16 heteroatoms. The molecule has 1 saturated heterocycles. The van der Waals surface area contributed by atoms with Crippen LogP contribution in [0.1, 0.15) is 50.8 Å². The predicted molar refractivity (Wildman–Crippen MR) is 198 cm³/mol. The molecule has 1 heterocycles. The SMILES string of the molecule is COc1ccc(C[C@@H](NC(=O)/C=C/C[C@H](OC(=O)[C@@H](N)CCS(C)=O)[C@H](C)[C@H]2OC(C)(C)O[C@@H]2c2ccccc2)C(=O)OCC(Cl)(Cl)Cl)cc1Cl. The molecular weight excluding hydrogens is 766 g/mol. The zero-order valence-corrected chi connectivity index (χ0v) is 32.8. The lowest BCUT2D eigenvalue weighted by atomic mass is 9.89. The molecule has 1 unspecified atom stereocenters. The lowest BCUT2D eigenvalue weighted by Crippen LogP contribution is -2.43. The quantitative estimate of drug-likeness (QED) is 0.114. The van der Waals surface area contributed by atoms with Crippen LogP contribution < -0.4 is 15.8 Å². The largest absolute Gasteiger partial charge is 0.495 e. The Morgan fingerprint density at radius 1 is 1.10 bits per heavy atom. The van der Waals surface area contributed by atoms with Crippen LogP contribution in [0.25, 0.3) is 0 Å². The number of esters is 2. The number of rotatable bonds is 17. The Morgan fingerprint density at radius 3 is 2.39 bits per heavy atom. The molecule has 3 N–H and O–H groups in total. The summed E-state index contributed by atoms with van der Waals surface area (Å²) in [4.78, 5) is 39.4. The highest BCUT2D eigenvalue weighted by molar-refractivity contribution is 7.84. The van der Waals surface area contributed by atoms with Crippen LogP contribution in [0.2, 0.25) is 5.02 Å². The minimum absolute atomic E-state index is 0.00459. The molecule has 0 aromatic heterocycles. The summed E-state index contributed by atoms with van der Waals surface area (Å²) in [6.07, 6.45) is 2.65. The predicted octanol–water partition coefficient (Wildman–Crippen LogP) is 5.77. The van der Waals surface area contributed by atoms with E-state index in [2.05, 4.69) is 5.32 Å². The average Bonchev–Trinajstić information content (AvgIpc) is 3.40. The number of hydrogen-bond acceptors (Lipinski definition) is 10. The number of alkyl halides is 3. The van der Waals surface area contributed by atoms with Crippen molar-refractivity contribution in [1.29, 1.82) is 0 Å². The van der Waals surface area contributed by atoms with E-state index in [9.17, 15) is 18.6 Å². The third kappa shape index (κ3) is 14.2. The molecule has 1 amide bonds. The molecular formula is C35H44Cl4N2O9S. The summed E-state index contributed by atoms with van der Waals surface area (Å²) in [5.41, 5.74) is 7.58. The molecule has 51 heavy (non-hydrogen) atoms. The second-order valence-corrected chi connectivity index (χ2v) is 17.0. The molecule has 2 aromatic rings. The maximum absolute atomic E-state index is 13.2. The van der Waals surface area contributed by atoms with Crippen LogP contribution in [-0.2, 0) is 50.6 Å². The van der Waals surface area contributed by atoms with Crippen molar-refractivity contribution >= 4 is 75.0 Å². The molecule has 1 aliphatic heterocycles. The van der Waals surface area contributed by atoms with E-state index < -0.39 is 81.1 Å². The maximum atomic E-state index is 13.2. The highest BCUT2D eigenvalue weighted by atomic mass is 35.6. The topological polar surface area (TPSA) is 152 Å². The molecule has 11 nitrogen and oxygen atoms in total. The molecule has 0 radical (unpaired) electrons. The van der Waals surface area contributed by atoms with E-state index in [0.717, 1.165) is 5.56 Å². The molecule has 3 rings (SSSR count). The molecule has 282 valence electrons. The second-order valence-electron chi connectivity index (χ2n) is 12.5. The third-order valence-electron chi connectivity index (χ3n) is 7.92. The third-order valence-corrected chi connectivity index (χ3v) is 9.35. The first-order valence-electron chi connectivity index (χ1n) is 16.1. The number of amides is 1. The van der Waals surface area contributed by atoms with Crippen LogP contribution >= 0.6 is 46.4 Å². The number of hydrogen-bond donors (Lipinski definition) is 2. The van der Waals surface area contributed by atoms with Gasteiger partial charge in [-0.05, 0) is 49.6 Å². The van der Waals surface area contributed by atoms with Gasteiger partial charge in [0.2, 0.25) is 9.70 Å². The summed E-state index contributed by atoms with van der Waals surface area (Å²) in [6.45, 7) is 4.92. The van der Waals surface area contributed by atoms with E-state index >= 15 is 0 Å². The number of methoxy groups -OCH3 is 1. The summed E-state index contributed by atoms with van der Waals surface area (Å²) in [5, 5.41) is 2.94. The number of nitrogens with two attached hydrogens (primary N) is 1. The minimum atomic E-state index is -1.87. The Bertz CT molecular complexity index is 1540. The van der Waals surface area contributed by atoms with Crippen LogP contribution in [-0.4, -0.2) is 81.7 Å². The summed E-state index contributed by atoms with van der Waals surface area (Å²) in [7, 11) is 0.324. The monoisotopic (exact) mass is 808 g/mol. The van der Waals surface area contributed by atoms with E-state index in [1.54, 1.807) is 32.0 Å². The first kappa shape index (κ1) is 43.0. The molecule has 1 aliphatic rings. The van der Waals surface area contributed by atoms with E-state index in [1.165, 1.54) is 25.5 Å². The van der Waals surface area contributed by atoms with E-state index in [-0.39, 0.29) is 25.0 Å². The summed E-state index contributed by atoms with van der Waals surface area (Å²) in [6, 6.07) is 12.2. The standard InChI is InChI=1S/C35H44Cl4N2O9S/c1-21(30-31(50-34(2,3)49-30)23-10-7-6-8-11-23)27(48-32(43)25(40)16-17-51(5)45)12-9-13-29(42)41-26(33(44)47-20-35(37,38)39)19-22-14-15-28(46-4)24(36)18-22/h6-11,13-15,18,21,25-27,30-31H,12,16-17,19-20,40H2,1-5H3,(H,41,42)/b13-9+/t21-,25-,26+,27-,30+,31+,51?/m0/s1. The summed E-state index contributed by atoms with van der Waals surface area (Å²) < 4.78 is 38.6. The lowest BCUT2D eigenvalue weighted by molar-refractivity contribution is -0.164.